The Labute approximate surface area is 124 Å². The molecule has 17 heavy (non-hydrogen) atoms. The third kappa shape index (κ3) is 3.71. The Hall–Kier alpha value is -0.550. The molecule has 2 aromatic rings. The van der Waals surface area contributed by atoms with Crippen LogP contribution < -0.4 is 5.32 Å². The molecule has 0 aliphatic rings. The Morgan fingerprint density at radius 3 is 2.53 bits per heavy atom. The van der Waals surface area contributed by atoms with Crippen molar-refractivity contribution in [1.29, 1.82) is 0 Å². The molecule has 0 heterocycles. The van der Waals surface area contributed by atoms with Crippen LogP contribution in [0.4, 0.5) is 5.69 Å². The molecule has 0 radical (unpaired) electrons. The molecule has 0 aliphatic heterocycles. The van der Waals surface area contributed by atoms with Crippen LogP contribution in [0.3, 0.4) is 0 Å². The van der Waals surface area contributed by atoms with E-state index in [9.17, 15) is 0 Å². The first-order chi connectivity index (χ1) is 8.15. The van der Waals surface area contributed by atoms with Gasteiger partial charge in [-0.25, -0.2) is 0 Å². The average molecular weight is 402 g/mol. The zero-order valence-corrected chi connectivity index (χ0v) is 13.2. The zero-order chi connectivity index (χ0) is 12.3. The van der Waals surface area contributed by atoms with E-state index in [0.717, 1.165) is 11.0 Å². The molecule has 0 fully saturated rings. The van der Waals surface area contributed by atoms with E-state index >= 15 is 0 Å². The van der Waals surface area contributed by atoms with Gasteiger partial charge in [-0.15, -0.1) is 0 Å². The van der Waals surface area contributed by atoms with Crippen LogP contribution in [0.2, 0.25) is 0 Å². The maximum atomic E-state index is 3.49. The van der Waals surface area contributed by atoms with Crippen molar-refractivity contribution in [3.63, 3.8) is 0 Å². The SMILES string of the molecule is Cc1ccc(Br)cc1NCc1ccc(I)cc1. The molecule has 2 aromatic carbocycles. The lowest BCUT2D eigenvalue weighted by molar-refractivity contribution is 1.14. The van der Waals surface area contributed by atoms with Crippen LogP contribution in [-0.2, 0) is 6.54 Å². The number of hydrogen-bond acceptors (Lipinski definition) is 1. The van der Waals surface area contributed by atoms with E-state index in [-0.39, 0.29) is 0 Å². The van der Waals surface area contributed by atoms with Crippen molar-refractivity contribution < 1.29 is 0 Å². The van der Waals surface area contributed by atoms with Gasteiger partial charge in [0.25, 0.3) is 0 Å². The van der Waals surface area contributed by atoms with Gasteiger partial charge in [0.2, 0.25) is 0 Å². The number of hydrogen-bond donors (Lipinski definition) is 1. The molecule has 0 saturated carbocycles. The second-order valence-corrected chi connectivity index (χ2v) is 6.10. The highest BCUT2D eigenvalue weighted by Gasteiger charge is 1.99. The highest BCUT2D eigenvalue weighted by Crippen LogP contribution is 2.21. The number of anilines is 1. The van der Waals surface area contributed by atoms with E-state index in [0.29, 0.717) is 0 Å². The fourth-order valence-corrected chi connectivity index (χ4v) is 2.30. The molecule has 0 spiro atoms. The lowest BCUT2D eigenvalue weighted by Crippen LogP contribution is -2.00. The third-order valence-electron chi connectivity index (χ3n) is 2.60. The summed E-state index contributed by atoms with van der Waals surface area (Å²) in [6.07, 6.45) is 0. The second kappa shape index (κ2) is 5.87. The first-order valence-electron chi connectivity index (χ1n) is 5.39. The first-order valence-corrected chi connectivity index (χ1v) is 7.27. The van der Waals surface area contributed by atoms with Crippen LogP contribution in [0.25, 0.3) is 0 Å². The molecule has 0 atom stereocenters. The van der Waals surface area contributed by atoms with Crippen molar-refractivity contribution in [3.8, 4) is 0 Å². The van der Waals surface area contributed by atoms with Crippen LogP contribution in [0.5, 0.6) is 0 Å². The van der Waals surface area contributed by atoms with Gasteiger partial charge in [0.15, 0.2) is 0 Å². The average Bonchev–Trinajstić information content (AvgIpc) is 2.32. The lowest BCUT2D eigenvalue weighted by Gasteiger charge is -2.10. The summed E-state index contributed by atoms with van der Waals surface area (Å²) >= 11 is 5.81. The molecule has 0 bridgehead atoms. The predicted octanol–water partition coefficient (Wildman–Crippen LogP) is 4.97. The van der Waals surface area contributed by atoms with E-state index < -0.39 is 0 Å². The van der Waals surface area contributed by atoms with Crippen molar-refractivity contribution in [2.75, 3.05) is 5.32 Å². The summed E-state index contributed by atoms with van der Waals surface area (Å²) in [5, 5.41) is 3.46. The lowest BCUT2D eigenvalue weighted by atomic mass is 10.2. The molecule has 2 rings (SSSR count). The summed E-state index contributed by atoms with van der Waals surface area (Å²) in [5.41, 5.74) is 3.74. The summed E-state index contributed by atoms with van der Waals surface area (Å²) in [4.78, 5) is 0. The molecule has 3 heteroatoms. The Morgan fingerprint density at radius 1 is 1.12 bits per heavy atom. The molecule has 88 valence electrons. The standard InChI is InChI=1S/C14H13BrIN/c1-10-2-5-12(15)8-14(10)17-9-11-3-6-13(16)7-4-11/h2-8,17H,9H2,1H3. The van der Waals surface area contributed by atoms with Gasteiger partial charge in [0.1, 0.15) is 0 Å². The molecule has 1 nitrogen and oxygen atoms in total. The Kier molecular flexibility index (Phi) is 4.45. The molecular formula is C14H13BrIN. The molecule has 0 aromatic heterocycles. The topological polar surface area (TPSA) is 12.0 Å². The van der Waals surface area contributed by atoms with Crippen molar-refractivity contribution in [2.45, 2.75) is 13.5 Å². The normalized spacial score (nSPS) is 10.3. The monoisotopic (exact) mass is 401 g/mol. The number of benzene rings is 2. The number of nitrogens with one attached hydrogen (secondary N) is 1. The Balaban J connectivity index is 2.07. The molecular weight excluding hydrogens is 389 g/mol. The largest absolute Gasteiger partial charge is 0.381 e. The maximum absolute atomic E-state index is 3.49. The van der Waals surface area contributed by atoms with Crippen LogP contribution in [-0.4, -0.2) is 0 Å². The molecule has 0 amide bonds. The van der Waals surface area contributed by atoms with Crippen LogP contribution in [0, 0.1) is 10.5 Å². The summed E-state index contributed by atoms with van der Waals surface area (Å²) in [5.74, 6) is 0. The first kappa shape index (κ1) is 12.9. The van der Waals surface area contributed by atoms with Gasteiger partial charge in [-0.3, -0.25) is 0 Å². The van der Waals surface area contributed by atoms with E-state index in [2.05, 4.69) is 93.2 Å². The van der Waals surface area contributed by atoms with Crippen molar-refractivity contribution >= 4 is 44.2 Å². The van der Waals surface area contributed by atoms with Crippen molar-refractivity contribution in [3.05, 3.63) is 61.6 Å². The van der Waals surface area contributed by atoms with Crippen molar-refractivity contribution in [2.24, 2.45) is 0 Å². The van der Waals surface area contributed by atoms with E-state index in [4.69, 9.17) is 0 Å². The minimum absolute atomic E-state index is 0.855. The van der Waals surface area contributed by atoms with Gasteiger partial charge < -0.3 is 5.32 Å². The Bertz CT molecular complexity index is 508. The van der Waals surface area contributed by atoms with Crippen molar-refractivity contribution in [1.82, 2.24) is 0 Å². The smallest absolute Gasteiger partial charge is 0.0400 e. The van der Waals surface area contributed by atoms with E-state index in [1.807, 2.05) is 0 Å². The second-order valence-electron chi connectivity index (χ2n) is 3.94. The van der Waals surface area contributed by atoms with Crippen LogP contribution in [0.15, 0.2) is 46.9 Å². The zero-order valence-electron chi connectivity index (χ0n) is 9.50. The van der Waals surface area contributed by atoms with Crippen LogP contribution >= 0.6 is 38.5 Å². The highest BCUT2D eigenvalue weighted by atomic mass is 127. The van der Waals surface area contributed by atoms with Gasteiger partial charge in [0.05, 0.1) is 0 Å². The summed E-state index contributed by atoms with van der Waals surface area (Å²) < 4.78 is 2.37. The highest BCUT2D eigenvalue weighted by molar-refractivity contribution is 14.1. The summed E-state index contributed by atoms with van der Waals surface area (Å²) in [7, 11) is 0. The third-order valence-corrected chi connectivity index (χ3v) is 3.81. The van der Waals surface area contributed by atoms with E-state index in [1.54, 1.807) is 0 Å². The number of rotatable bonds is 3. The minimum atomic E-state index is 0.855. The van der Waals surface area contributed by atoms with Crippen LogP contribution in [0.1, 0.15) is 11.1 Å². The number of aryl methyl sites for hydroxylation is 1. The fraction of sp³-hybridized carbons (Fsp3) is 0.143. The van der Waals surface area contributed by atoms with E-state index in [1.165, 1.54) is 20.4 Å². The van der Waals surface area contributed by atoms with Gasteiger partial charge in [-0.05, 0) is 64.9 Å². The molecule has 1 N–H and O–H groups in total. The number of halogens is 2. The van der Waals surface area contributed by atoms with Gasteiger partial charge in [-0.1, -0.05) is 34.1 Å². The van der Waals surface area contributed by atoms with Gasteiger partial charge in [0, 0.05) is 20.3 Å². The Morgan fingerprint density at radius 2 is 1.82 bits per heavy atom. The molecule has 0 saturated heterocycles. The predicted molar refractivity (Wildman–Crippen MR) is 85.4 cm³/mol. The minimum Gasteiger partial charge on any atom is -0.381 e. The molecule has 0 aliphatic carbocycles. The van der Waals surface area contributed by atoms with Gasteiger partial charge in [-0.2, -0.15) is 0 Å². The maximum Gasteiger partial charge on any atom is 0.0400 e. The summed E-state index contributed by atoms with van der Waals surface area (Å²) in [6.45, 7) is 2.97. The summed E-state index contributed by atoms with van der Waals surface area (Å²) in [6, 6.07) is 14.9. The quantitative estimate of drug-likeness (QED) is 0.715. The van der Waals surface area contributed by atoms with Gasteiger partial charge >= 0.3 is 0 Å². The molecule has 0 unspecified atom stereocenters. The fourth-order valence-electron chi connectivity index (χ4n) is 1.58.